The lowest BCUT2D eigenvalue weighted by Gasteiger charge is -2.26. The highest BCUT2D eigenvalue weighted by Gasteiger charge is 2.27. The second-order valence-corrected chi connectivity index (χ2v) is 9.22. The first kappa shape index (κ1) is 22.8. The summed E-state index contributed by atoms with van der Waals surface area (Å²) in [6, 6.07) is 5.82. The predicted molar refractivity (Wildman–Crippen MR) is 113 cm³/mol. The Labute approximate surface area is 181 Å². The molecule has 0 aliphatic carbocycles. The number of piperidine rings is 1. The van der Waals surface area contributed by atoms with Crippen molar-refractivity contribution in [2.24, 2.45) is 0 Å². The fourth-order valence-corrected chi connectivity index (χ4v) is 4.97. The van der Waals surface area contributed by atoms with Gasteiger partial charge in [0.05, 0.1) is 17.7 Å². The van der Waals surface area contributed by atoms with Crippen LogP contribution in [0.5, 0.6) is 5.75 Å². The van der Waals surface area contributed by atoms with E-state index >= 15 is 0 Å². The van der Waals surface area contributed by atoms with Crippen molar-refractivity contribution in [1.82, 2.24) is 4.31 Å². The standard InChI is InChI=1S/C21H26N2O7S/c1-14-11-17(15(2)30-14)21(25)29-13-20(24)22-18-12-16(7-8-19(18)28-3)31(26,27)23-9-5-4-6-10-23/h7-8,11-12H,4-6,9-10,13H2,1-3H3,(H,22,24). The van der Waals surface area contributed by atoms with Crippen LogP contribution in [0.2, 0.25) is 0 Å². The Bertz CT molecular complexity index is 1070. The van der Waals surface area contributed by atoms with Crippen LogP contribution in [-0.4, -0.2) is 51.4 Å². The molecule has 1 aromatic heterocycles. The zero-order valence-electron chi connectivity index (χ0n) is 17.8. The van der Waals surface area contributed by atoms with Crippen molar-refractivity contribution < 1.29 is 31.9 Å². The first-order valence-electron chi connectivity index (χ1n) is 9.94. The van der Waals surface area contributed by atoms with Gasteiger partial charge in [-0.05, 0) is 51.0 Å². The number of methoxy groups -OCH3 is 1. The summed E-state index contributed by atoms with van der Waals surface area (Å²) in [6.07, 6.45) is 2.65. The molecule has 0 unspecified atom stereocenters. The molecule has 0 spiro atoms. The summed E-state index contributed by atoms with van der Waals surface area (Å²) < 4.78 is 42.9. The minimum absolute atomic E-state index is 0.0620. The fraction of sp³-hybridized carbons (Fsp3) is 0.429. The van der Waals surface area contributed by atoms with Crippen LogP contribution in [0.25, 0.3) is 0 Å². The van der Waals surface area contributed by atoms with Gasteiger partial charge in [-0.15, -0.1) is 0 Å². The summed E-state index contributed by atoms with van der Waals surface area (Å²) >= 11 is 0. The molecule has 1 aliphatic heterocycles. The van der Waals surface area contributed by atoms with Gasteiger partial charge in [0, 0.05) is 13.1 Å². The molecule has 2 heterocycles. The third-order valence-corrected chi connectivity index (χ3v) is 6.89. The highest BCUT2D eigenvalue weighted by atomic mass is 32.2. The molecule has 0 atom stereocenters. The molecule has 168 valence electrons. The Morgan fingerprint density at radius 1 is 1.13 bits per heavy atom. The molecule has 1 N–H and O–H groups in total. The highest BCUT2D eigenvalue weighted by molar-refractivity contribution is 7.89. The van der Waals surface area contributed by atoms with Gasteiger partial charge in [0.1, 0.15) is 22.8 Å². The number of anilines is 1. The van der Waals surface area contributed by atoms with Crippen molar-refractivity contribution in [3.63, 3.8) is 0 Å². The molecule has 0 saturated carbocycles. The topological polar surface area (TPSA) is 115 Å². The lowest BCUT2D eigenvalue weighted by Crippen LogP contribution is -2.35. The van der Waals surface area contributed by atoms with E-state index < -0.39 is 28.5 Å². The summed E-state index contributed by atoms with van der Waals surface area (Å²) in [5, 5.41) is 2.56. The van der Waals surface area contributed by atoms with Gasteiger partial charge in [-0.1, -0.05) is 6.42 Å². The molecular formula is C21H26N2O7S. The van der Waals surface area contributed by atoms with Crippen molar-refractivity contribution in [2.75, 3.05) is 32.1 Å². The molecule has 3 rings (SSSR count). The highest BCUT2D eigenvalue weighted by Crippen LogP contribution is 2.30. The number of carbonyl (C=O) groups excluding carboxylic acids is 2. The zero-order valence-corrected chi connectivity index (χ0v) is 18.6. The number of furan rings is 1. The maximum atomic E-state index is 12.9. The number of sulfonamides is 1. The van der Waals surface area contributed by atoms with Gasteiger partial charge in [-0.25, -0.2) is 13.2 Å². The molecule has 1 fully saturated rings. The SMILES string of the molecule is COc1ccc(S(=O)(=O)N2CCCCC2)cc1NC(=O)COC(=O)c1cc(C)oc1C. The van der Waals surface area contributed by atoms with Crippen molar-refractivity contribution in [3.05, 3.63) is 41.3 Å². The van der Waals surface area contributed by atoms with Crippen molar-refractivity contribution in [3.8, 4) is 5.75 Å². The number of hydrogen-bond acceptors (Lipinski definition) is 7. The number of amides is 1. The average molecular weight is 451 g/mol. The number of nitrogens with zero attached hydrogens (tertiary/aromatic N) is 1. The summed E-state index contributed by atoms with van der Waals surface area (Å²) in [4.78, 5) is 24.6. The smallest absolute Gasteiger partial charge is 0.342 e. The van der Waals surface area contributed by atoms with E-state index in [2.05, 4.69) is 5.32 Å². The van der Waals surface area contributed by atoms with Gasteiger partial charge >= 0.3 is 5.97 Å². The number of nitrogens with one attached hydrogen (secondary N) is 1. The van der Waals surface area contributed by atoms with Gasteiger partial charge in [-0.3, -0.25) is 4.79 Å². The monoisotopic (exact) mass is 450 g/mol. The minimum Gasteiger partial charge on any atom is -0.495 e. The van der Waals surface area contributed by atoms with E-state index in [-0.39, 0.29) is 16.1 Å². The van der Waals surface area contributed by atoms with E-state index in [0.717, 1.165) is 19.3 Å². The first-order valence-corrected chi connectivity index (χ1v) is 11.4. The molecule has 1 aromatic carbocycles. The molecule has 1 saturated heterocycles. The molecule has 10 heteroatoms. The molecule has 31 heavy (non-hydrogen) atoms. The van der Waals surface area contributed by atoms with Crippen LogP contribution < -0.4 is 10.1 Å². The van der Waals surface area contributed by atoms with Crippen LogP contribution in [0.3, 0.4) is 0 Å². The number of carbonyl (C=O) groups is 2. The Kier molecular flexibility index (Phi) is 7.01. The Morgan fingerprint density at radius 2 is 1.84 bits per heavy atom. The molecule has 1 amide bonds. The molecular weight excluding hydrogens is 424 g/mol. The van der Waals surface area contributed by atoms with E-state index in [1.807, 2.05) is 0 Å². The Balaban J connectivity index is 1.71. The summed E-state index contributed by atoms with van der Waals surface area (Å²) in [7, 11) is -2.27. The van der Waals surface area contributed by atoms with Gasteiger partial charge in [-0.2, -0.15) is 4.31 Å². The number of hydrogen-bond donors (Lipinski definition) is 1. The lowest BCUT2D eigenvalue weighted by atomic mass is 10.2. The second kappa shape index (κ2) is 9.52. The van der Waals surface area contributed by atoms with Crippen LogP contribution in [0.15, 0.2) is 33.6 Å². The molecule has 9 nitrogen and oxygen atoms in total. The maximum absolute atomic E-state index is 12.9. The lowest BCUT2D eigenvalue weighted by molar-refractivity contribution is -0.119. The van der Waals surface area contributed by atoms with Gasteiger partial charge < -0.3 is 19.2 Å². The van der Waals surface area contributed by atoms with Crippen LogP contribution >= 0.6 is 0 Å². The predicted octanol–water partition coefficient (Wildman–Crippen LogP) is 2.88. The summed E-state index contributed by atoms with van der Waals surface area (Å²) in [5.41, 5.74) is 0.425. The van der Waals surface area contributed by atoms with Gasteiger partial charge in [0.25, 0.3) is 5.91 Å². The number of aryl methyl sites for hydroxylation is 2. The number of ether oxygens (including phenoxy) is 2. The Hall–Kier alpha value is -2.85. The van der Waals surface area contributed by atoms with Crippen LogP contribution in [0.4, 0.5) is 5.69 Å². The first-order chi connectivity index (χ1) is 14.7. The second-order valence-electron chi connectivity index (χ2n) is 7.28. The van der Waals surface area contributed by atoms with E-state index in [1.165, 1.54) is 35.7 Å². The number of rotatable bonds is 7. The van der Waals surface area contributed by atoms with Gasteiger partial charge in [0.2, 0.25) is 10.0 Å². The van der Waals surface area contributed by atoms with E-state index in [9.17, 15) is 18.0 Å². The normalized spacial score (nSPS) is 14.8. The average Bonchev–Trinajstić information content (AvgIpc) is 3.10. The quantitative estimate of drug-likeness (QED) is 0.645. The largest absolute Gasteiger partial charge is 0.495 e. The minimum atomic E-state index is -3.68. The van der Waals surface area contributed by atoms with Crippen molar-refractivity contribution in [1.29, 1.82) is 0 Å². The number of esters is 1. The van der Waals surface area contributed by atoms with E-state index in [1.54, 1.807) is 13.8 Å². The number of benzene rings is 1. The van der Waals surface area contributed by atoms with E-state index in [4.69, 9.17) is 13.9 Å². The van der Waals surface area contributed by atoms with Crippen molar-refractivity contribution in [2.45, 2.75) is 38.0 Å². The van der Waals surface area contributed by atoms with Crippen LogP contribution in [0.1, 0.15) is 41.1 Å². The third-order valence-electron chi connectivity index (χ3n) is 4.99. The van der Waals surface area contributed by atoms with Crippen LogP contribution in [-0.2, 0) is 19.6 Å². The zero-order chi connectivity index (χ0) is 22.6. The molecule has 0 bridgehead atoms. The van der Waals surface area contributed by atoms with Crippen molar-refractivity contribution >= 4 is 27.6 Å². The Morgan fingerprint density at radius 3 is 2.45 bits per heavy atom. The summed E-state index contributed by atoms with van der Waals surface area (Å²) in [6.45, 7) is 3.73. The maximum Gasteiger partial charge on any atom is 0.342 e. The molecule has 0 radical (unpaired) electrons. The summed E-state index contributed by atoms with van der Waals surface area (Å²) in [5.74, 6) is -0.0564. The van der Waals surface area contributed by atoms with Crippen LogP contribution in [0, 0.1) is 13.8 Å². The molecule has 2 aromatic rings. The van der Waals surface area contributed by atoms with Gasteiger partial charge in [0.15, 0.2) is 6.61 Å². The molecule has 1 aliphatic rings. The van der Waals surface area contributed by atoms with E-state index in [0.29, 0.717) is 30.4 Å². The third kappa shape index (κ3) is 5.26. The fourth-order valence-electron chi connectivity index (χ4n) is 3.43.